The largest absolute Gasteiger partial charge is 0.497 e. The van der Waals surface area contributed by atoms with Crippen LogP contribution in [0.4, 0.5) is 5.69 Å². The number of fused-ring (bicyclic) bond motifs is 1. The summed E-state index contributed by atoms with van der Waals surface area (Å²) in [5.74, 6) is -0.307. The van der Waals surface area contributed by atoms with Crippen molar-refractivity contribution >= 4 is 51.5 Å². The third-order valence-corrected chi connectivity index (χ3v) is 5.69. The van der Waals surface area contributed by atoms with Crippen molar-refractivity contribution < 1.29 is 19.1 Å². The number of ether oxygens (including phenoxy) is 2. The monoisotopic (exact) mass is 483 g/mol. The van der Waals surface area contributed by atoms with Gasteiger partial charge in [0.1, 0.15) is 11.5 Å². The van der Waals surface area contributed by atoms with Crippen molar-refractivity contribution in [3.63, 3.8) is 0 Å². The number of pyridine rings is 1. The highest BCUT2D eigenvalue weighted by Crippen LogP contribution is 2.30. The molecule has 0 bridgehead atoms. The summed E-state index contributed by atoms with van der Waals surface area (Å²) in [6.07, 6.45) is 4.32. The fraction of sp³-hybridized carbons (Fsp3) is 0.125. The van der Waals surface area contributed by atoms with Crippen LogP contribution in [0, 0.1) is 0 Å². The van der Waals surface area contributed by atoms with Crippen molar-refractivity contribution in [3.05, 3.63) is 82.2 Å². The summed E-state index contributed by atoms with van der Waals surface area (Å²) in [6.45, 7) is 0.469. The first-order valence-corrected chi connectivity index (χ1v) is 10.6. The Morgan fingerprint density at radius 2 is 1.70 bits per heavy atom. The highest BCUT2D eigenvalue weighted by atomic mass is 35.5. The molecule has 0 saturated heterocycles. The van der Waals surface area contributed by atoms with E-state index in [1.54, 1.807) is 25.4 Å². The first-order chi connectivity index (χ1) is 15.9. The first kappa shape index (κ1) is 22.6. The van der Waals surface area contributed by atoms with Crippen LogP contribution in [-0.4, -0.2) is 35.5 Å². The number of carbonyl (C=O) groups is 2. The molecule has 4 rings (SSSR count). The van der Waals surface area contributed by atoms with Crippen molar-refractivity contribution in [1.82, 2.24) is 9.55 Å². The van der Waals surface area contributed by atoms with Crippen LogP contribution in [0.15, 0.2) is 61.1 Å². The van der Waals surface area contributed by atoms with Crippen LogP contribution in [0.25, 0.3) is 10.9 Å². The zero-order chi connectivity index (χ0) is 23.5. The smallest absolute Gasteiger partial charge is 0.296 e. The molecule has 9 heteroatoms. The van der Waals surface area contributed by atoms with Gasteiger partial charge in [0.2, 0.25) is 0 Å². The summed E-state index contributed by atoms with van der Waals surface area (Å²) >= 11 is 12.1. The minimum Gasteiger partial charge on any atom is -0.497 e. The Bertz CT molecular complexity index is 1350. The third-order valence-electron chi connectivity index (χ3n) is 5.12. The Balaban J connectivity index is 1.73. The van der Waals surface area contributed by atoms with Gasteiger partial charge in [0.15, 0.2) is 0 Å². The van der Waals surface area contributed by atoms with Gasteiger partial charge in [0, 0.05) is 36.0 Å². The number of rotatable bonds is 7. The van der Waals surface area contributed by atoms with Gasteiger partial charge in [-0.2, -0.15) is 0 Å². The highest BCUT2D eigenvalue weighted by molar-refractivity contribution is 6.50. The zero-order valence-electron chi connectivity index (χ0n) is 17.8. The standard InChI is InChI=1S/C24H19Cl2N3O4/c1-32-15-5-3-4-14(8-15)12-29-13-18(17-9-16(33-2)6-7-21(17)29)23(30)24(31)28-22-19(25)10-27-11-20(22)26/h3-11,13H,12H2,1-2H3,(H,27,28,31). The number of hydrogen-bond acceptors (Lipinski definition) is 5. The summed E-state index contributed by atoms with van der Waals surface area (Å²) in [7, 11) is 3.14. The lowest BCUT2D eigenvalue weighted by molar-refractivity contribution is -0.112. The molecule has 0 aliphatic rings. The van der Waals surface area contributed by atoms with Crippen molar-refractivity contribution in [2.75, 3.05) is 19.5 Å². The van der Waals surface area contributed by atoms with E-state index >= 15 is 0 Å². The van der Waals surface area contributed by atoms with Crippen molar-refractivity contribution in [2.45, 2.75) is 6.54 Å². The lowest BCUT2D eigenvalue weighted by Crippen LogP contribution is -2.23. The van der Waals surface area contributed by atoms with Gasteiger partial charge in [0.05, 0.1) is 35.5 Å². The molecule has 33 heavy (non-hydrogen) atoms. The third kappa shape index (κ3) is 4.65. The van der Waals surface area contributed by atoms with Crippen molar-refractivity contribution in [3.8, 4) is 11.5 Å². The van der Waals surface area contributed by atoms with E-state index in [-0.39, 0.29) is 21.3 Å². The SMILES string of the molecule is COc1cccc(Cn2cc(C(=O)C(=O)Nc3c(Cl)cncc3Cl)c3cc(OC)ccc32)c1. The molecule has 7 nitrogen and oxygen atoms in total. The van der Waals surface area contributed by atoms with Gasteiger partial charge in [-0.25, -0.2) is 0 Å². The van der Waals surface area contributed by atoms with Crippen LogP contribution >= 0.6 is 23.2 Å². The molecule has 1 amide bonds. The maximum absolute atomic E-state index is 13.2. The van der Waals surface area contributed by atoms with E-state index in [1.807, 2.05) is 34.9 Å². The quantitative estimate of drug-likeness (QED) is 0.287. The minimum absolute atomic E-state index is 0.129. The van der Waals surface area contributed by atoms with Crippen LogP contribution in [0.3, 0.4) is 0 Å². The summed E-state index contributed by atoms with van der Waals surface area (Å²) in [5, 5.41) is 3.34. The van der Waals surface area contributed by atoms with Gasteiger partial charge in [-0.3, -0.25) is 14.6 Å². The predicted molar refractivity (Wildman–Crippen MR) is 128 cm³/mol. The van der Waals surface area contributed by atoms with Gasteiger partial charge in [-0.05, 0) is 35.9 Å². The van der Waals surface area contributed by atoms with E-state index in [4.69, 9.17) is 32.7 Å². The van der Waals surface area contributed by atoms with E-state index in [0.29, 0.717) is 17.7 Å². The molecule has 0 saturated carbocycles. The number of hydrogen-bond donors (Lipinski definition) is 1. The maximum atomic E-state index is 13.2. The van der Waals surface area contributed by atoms with Crippen LogP contribution in [0.1, 0.15) is 15.9 Å². The van der Waals surface area contributed by atoms with E-state index in [2.05, 4.69) is 10.3 Å². The molecule has 2 heterocycles. The molecular formula is C24H19Cl2N3O4. The number of halogens is 2. The van der Waals surface area contributed by atoms with Crippen LogP contribution in [0.2, 0.25) is 10.0 Å². The molecule has 0 atom stereocenters. The number of carbonyl (C=O) groups excluding carboxylic acids is 2. The number of methoxy groups -OCH3 is 2. The highest BCUT2D eigenvalue weighted by Gasteiger charge is 2.24. The van der Waals surface area contributed by atoms with Gasteiger partial charge in [-0.15, -0.1) is 0 Å². The Morgan fingerprint density at radius 1 is 1.00 bits per heavy atom. The van der Waals surface area contributed by atoms with Crippen molar-refractivity contribution in [2.24, 2.45) is 0 Å². The topological polar surface area (TPSA) is 82.5 Å². The Labute approximate surface area is 199 Å². The molecular weight excluding hydrogens is 465 g/mol. The van der Waals surface area contributed by atoms with Gasteiger partial charge in [0.25, 0.3) is 11.7 Å². The van der Waals surface area contributed by atoms with E-state index in [1.165, 1.54) is 19.5 Å². The fourth-order valence-electron chi connectivity index (χ4n) is 3.51. The first-order valence-electron chi connectivity index (χ1n) is 9.85. The average Bonchev–Trinajstić information content (AvgIpc) is 3.18. The summed E-state index contributed by atoms with van der Waals surface area (Å²) in [4.78, 5) is 29.8. The number of amides is 1. The molecule has 0 aliphatic heterocycles. The van der Waals surface area contributed by atoms with E-state index < -0.39 is 11.7 Å². The van der Waals surface area contributed by atoms with E-state index in [0.717, 1.165) is 16.8 Å². The number of aromatic nitrogens is 2. The summed E-state index contributed by atoms with van der Waals surface area (Å²) in [6, 6.07) is 13.0. The Morgan fingerprint density at radius 3 is 2.39 bits per heavy atom. The second kappa shape index (κ2) is 9.52. The molecule has 2 aromatic heterocycles. The molecule has 0 aliphatic carbocycles. The second-order valence-electron chi connectivity index (χ2n) is 7.17. The minimum atomic E-state index is -0.867. The second-order valence-corrected chi connectivity index (χ2v) is 7.98. The maximum Gasteiger partial charge on any atom is 0.296 e. The number of nitrogens with zero attached hydrogens (tertiary/aromatic N) is 2. The van der Waals surface area contributed by atoms with Gasteiger partial charge >= 0.3 is 0 Å². The molecule has 0 radical (unpaired) electrons. The Kier molecular flexibility index (Phi) is 6.53. The van der Waals surface area contributed by atoms with E-state index in [9.17, 15) is 9.59 Å². The molecule has 1 N–H and O–H groups in total. The normalized spacial score (nSPS) is 10.8. The molecule has 0 fully saturated rings. The summed E-state index contributed by atoms with van der Waals surface area (Å²) in [5.41, 5.74) is 2.10. The lowest BCUT2D eigenvalue weighted by Gasteiger charge is -2.08. The fourth-order valence-corrected chi connectivity index (χ4v) is 3.96. The van der Waals surface area contributed by atoms with Crippen LogP contribution in [0.5, 0.6) is 11.5 Å². The Hall–Kier alpha value is -3.55. The molecule has 168 valence electrons. The number of Topliss-reactive ketones (excluding diaryl/α,β-unsaturated/α-hetero) is 1. The number of nitrogens with one attached hydrogen (secondary N) is 1. The predicted octanol–water partition coefficient (Wildman–Crippen LogP) is 5.23. The zero-order valence-corrected chi connectivity index (χ0v) is 19.3. The van der Waals surface area contributed by atoms with Gasteiger partial charge in [-0.1, -0.05) is 35.3 Å². The molecule has 2 aromatic carbocycles. The molecule has 0 spiro atoms. The van der Waals surface area contributed by atoms with Gasteiger partial charge < -0.3 is 19.4 Å². The molecule has 0 unspecified atom stereocenters. The average molecular weight is 484 g/mol. The lowest BCUT2D eigenvalue weighted by atomic mass is 10.1. The van der Waals surface area contributed by atoms with Crippen LogP contribution < -0.4 is 14.8 Å². The summed E-state index contributed by atoms with van der Waals surface area (Å²) < 4.78 is 12.5. The number of anilines is 1. The number of ketones is 1. The van der Waals surface area contributed by atoms with Crippen molar-refractivity contribution in [1.29, 1.82) is 0 Å². The molecule has 4 aromatic rings. The number of benzene rings is 2. The van der Waals surface area contributed by atoms with Crippen LogP contribution in [-0.2, 0) is 11.3 Å².